The Labute approximate surface area is 107 Å². The Morgan fingerprint density at radius 2 is 2.06 bits per heavy atom. The minimum Gasteiger partial charge on any atom is -0.346 e. The normalized spacial score (nSPS) is 24.5. The van der Waals surface area contributed by atoms with Crippen molar-refractivity contribution in [3.8, 4) is 0 Å². The van der Waals surface area contributed by atoms with Crippen LogP contribution in [0.1, 0.15) is 19.3 Å². The van der Waals surface area contributed by atoms with E-state index in [1.807, 2.05) is 4.90 Å². The third-order valence-electron chi connectivity index (χ3n) is 3.81. The van der Waals surface area contributed by atoms with Crippen molar-refractivity contribution in [2.24, 2.45) is 5.73 Å². The highest BCUT2D eigenvalue weighted by molar-refractivity contribution is 5.85. The standard InChI is InChI=1S/C12H22N4O2/c13-7-11(17)14-8-12(18)16-6-5-15-4-2-1-3-10(15)9-16/h10H,1-9,13H2,(H,14,17). The summed E-state index contributed by atoms with van der Waals surface area (Å²) >= 11 is 0. The van der Waals surface area contributed by atoms with Gasteiger partial charge < -0.3 is 16.0 Å². The second-order valence-corrected chi connectivity index (χ2v) is 5.01. The summed E-state index contributed by atoms with van der Waals surface area (Å²) in [5.41, 5.74) is 5.18. The van der Waals surface area contributed by atoms with Crippen LogP contribution >= 0.6 is 0 Å². The number of carbonyl (C=O) groups is 2. The van der Waals surface area contributed by atoms with Crippen LogP contribution in [0, 0.1) is 0 Å². The predicted octanol–water partition coefficient (Wildman–Crippen LogP) is -1.24. The summed E-state index contributed by atoms with van der Waals surface area (Å²) in [4.78, 5) is 27.3. The van der Waals surface area contributed by atoms with Crippen molar-refractivity contribution in [1.82, 2.24) is 15.1 Å². The maximum atomic E-state index is 11.9. The summed E-state index contributed by atoms with van der Waals surface area (Å²) in [5.74, 6) is -0.276. The Bertz CT molecular complexity index is 321. The first-order chi connectivity index (χ1) is 8.70. The molecule has 0 aliphatic carbocycles. The van der Waals surface area contributed by atoms with Gasteiger partial charge in [-0.2, -0.15) is 0 Å². The maximum absolute atomic E-state index is 11.9. The zero-order valence-electron chi connectivity index (χ0n) is 10.7. The van der Waals surface area contributed by atoms with Crippen molar-refractivity contribution in [1.29, 1.82) is 0 Å². The van der Waals surface area contributed by atoms with Gasteiger partial charge >= 0.3 is 0 Å². The molecule has 0 aromatic heterocycles. The summed E-state index contributed by atoms with van der Waals surface area (Å²) in [6.07, 6.45) is 3.71. The summed E-state index contributed by atoms with van der Waals surface area (Å²) < 4.78 is 0. The van der Waals surface area contributed by atoms with E-state index in [4.69, 9.17) is 5.73 Å². The number of rotatable bonds is 3. The molecule has 2 fully saturated rings. The highest BCUT2D eigenvalue weighted by Crippen LogP contribution is 2.20. The van der Waals surface area contributed by atoms with E-state index in [1.165, 1.54) is 19.3 Å². The zero-order valence-corrected chi connectivity index (χ0v) is 10.7. The fraction of sp³-hybridized carbons (Fsp3) is 0.833. The van der Waals surface area contributed by atoms with E-state index in [-0.39, 0.29) is 24.9 Å². The van der Waals surface area contributed by atoms with Crippen LogP contribution in [-0.4, -0.2) is 66.9 Å². The van der Waals surface area contributed by atoms with E-state index in [2.05, 4.69) is 10.2 Å². The van der Waals surface area contributed by atoms with E-state index < -0.39 is 0 Å². The quantitative estimate of drug-likeness (QED) is 0.660. The monoisotopic (exact) mass is 254 g/mol. The molecule has 0 bridgehead atoms. The van der Waals surface area contributed by atoms with E-state index in [1.54, 1.807) is 0 Å². The summed E-state index contributed by atoms with van der Waals surface area (Å²) in [6.45, 7) is 3.70. The lowest BCUT2D eigenvalue weighted by molar-refractivity contribution is -0.135. The number of fused-ring (bicyclic) bond motifs is 1. The van der Waals surface area contributed by atoms with Crippen LogP contribution in [0.25, 0.3) is 0 Å². The summed E-state index contributed by atoms with van der Waals surface area (Å²) in [7, 11) is 0. The van der Waals surface area contributed by atoms with Crippen LogP contribution < -0.4 is 11.1 Å². The molecule has 6 heteroatoms. The number of nitrogens with zero attached hydrogens (tertiary/aromatic N) is 2. The molecule has 0 radical (unpaired) electrons. The SMILES string of the molecule is NCC(=O)NCC(=O)N1CCN2CCCCC2C1. The fourth-order valence-electron chi connectivity index (χ4n) is 2.74. The first-order valence-corrected chi connectivity index (χ1v) is 6.69. The first-order valence-electron chi connectivity index (χ1n) is 6.69. The zero-order chi connectivity index (χ0) is 13.0. The molecule has 2 aliphatic rings. The number of piperidine rings is 1. The molecule has 1 unspecified atom stereocenters. The van der Waals surface area contributed by atoms with Crippen molar-refractivity contribution >= 4 is 11.8 Å². The molecule has 0 aromatic rings. The Kier molecular flexibility index (Phi) is 4.54. The second kappa shape index (κ2) is 6.15. The van der Waals surface area contributed by atoms with E-state index in [0.717, 1.165) is 26.2 Å². The van der Waals surface area contributed by atoms with Crippen molar-refractivity contribution < 1.29 is 9.59 Å². The highest BCUT2D eigenvalue weighted by Gasteiger charge is 2.30. The molecule has 6 nitrogen and oxygen atoms in total. The number of carbonyl (C=O) groups excluding carboxylic acids is 2. The molecular formula is C12H22N4O2. The largest absolute Gasteiger partial charge is 0.346 e. The third-order valence-corrected chi connectivity index (χ3v) is 3.81. The third kappa shape index (κ3) is 3.20. The van der Waals surface area contributed by atoms with Gasteiger partial charge in [0.25, 0.3) is 0 Å². The smallest absolute Gasteiger partial charge is 0.242 e. The molecule has 0 saturated carbocycles. The van der Waals surface area contributed by atoms with Gasteiger partial charge in [0.15, 0.2) is 0 Å². The van der Waals surface area contributed by atoms with Gasteiger partial charge in [-0.3, -0.25) is 14.5 Å². The van der Waals surface area contributed by atoms with Crippen molar-refractivity contribution in [3.05, 3.63) is 0 Å². The van der Waals surface area contributed by atoms with Crippen LogP contribution in [0.15, 0.2) is 0 Å². The van der Waals surface area contributed by atoms with Gasteiger partial charge in [-0.05, 0) is 19.4 Å². The van der Waals surface area contributed by atoms with E-state index in [0.29, 0.717) is 6.04 Å². The van der Waals surface area contributed by atoms with E-state index in [9.17, 15) is 9.59 Å². The number of piperazine rings is 1. The first kappa shape index (κ1) is 13.3. The number of hydrogen-bond donors (Lipinski definition) is 2. The number of hydrogen-bond acceptors (Lipinski definition) is 4. The molecule has 0 spiro atoms. The Balaban J connectivity index is 1.79. The molecule has 2 aliphatic heterocycles. The second-order valence-electron chi connectivity index (χ2n) is 5.01. The van der Waals surface area contributed by atoms with Crippen LogP contribution in [0.2, 0.25) is 0 Å². The Hall–Kier alpha value is -1.14. The lowest BCUT2D eigenvalue weighted by Gasteiger charge is -2.44. The highest BCUT2D eigenvalue weighted by atomic mass is 16.2. The van der Waals surface area contributed by atoms with E-state index >= 15 is 0 Å². The maximum Gasteiger partial charge on any atom is 0.242 e. The van der Waals surface area contributed by atoms with Gasteiger partial charge in [0.2, 0.25) is 11.8 Å². The molecule has 2 heterocycles. The molecule has 2 rings (SSSR count). The van der Waals surface area contributed by atoms with Gasteiger partial charge in [-0.15, -0.1) is 0 Å². The Morgan fingerprint density at radius 3 is 2.83 bits per heavy atom. The van der Waals surface area contributed by atoms with Crippen LogP contribution in [0.3, 0.4) is 0 Å². The topological polar surface area (TPSA) is 78.7 Å². The van der Waals surface area contributed by atoms with Gasteiger partial charge in [0, 0.05) is 25.7 Å². The van der Waals surface area contributed by atoms with Gasteiger partial charge in [-0.1, -0.05) is 6.42 Å². The van der Waals surface area contributed by atoms with Crippen molar-refractivity contribution in [2.75, 3.05) is 39.3 Å². The molecule has 0 aromatic carbocycles. The van der Waals surface area contributed by atoms with Crippen molar-refractivity contribution in [3.63, 3.8) is 0 Å². The van der Waals surface area contributed by atoms with Crippen LogP contribution in [0.5, 0.6) is 0 Å². The molecule has 2 saturated heterocycles. The predicted molar refractivity (Wildman–Crippen MR) is 67.9 cm³/mol. The van der Waals surface area contributed by atoms with Crippen LogP contribution in [0.4, 0.5) is 0 Å². The number of amides is 2. The molecule has 2 amide bonds. The van der Waals surface area contributed by atoms with Crippen molar-refractivity contribution in [2.45, 2.75) is 25.3 Å². The molecular weight excluding hydrogens is 232 g/mol. The van der Waals surface area contributed by atoms with Crippen LogP contribution in [-0.2, 0) is 9.59 Å². The van der Waals surface area contributed by atoms with Gasteiger partial charge in [0.1, 0.15) is 0 Å². The molecule has 1 atom stereocenters. The molecule has 3 N–H and O–H groups in total. The number of nitrogens with one attached hydrogen (secondary N) is 1. The minimum atomic E-state index is -0.278. The molecule has 18 heavy (non-hydrogen) atoms. The van der Waals surface area contributed by atoms with Gasteiger partial charge in [0.05, 0.1) is 13.1 Å². The average molecular weight is 254 g/mol. The minimum absolute atomic E-state index is 0.00187. The lowest BCUT2D eigenvalue weighted by Crippen LogP contribution is -2.57. The number of nitrogens with two attached hydrogens (primary N) is 1. The molecule has 102 valence electrons. The lowest BCUT2D eigenvalue weighted by atomic mass is 9.99. The fourth-order valence-corrected chi connectivity index (χ4v) is 2.74. The van der Waals surface area contributed by atoms with Gasteiger partial charge in [-0.25, -0.2) is 0 Å². The summed E-state index contributed by atoms with van der Waals surface area (Å²) in [5, 5.41) is 2.53. The summed E-state index contributed by atoms with van der Waals surface area (Å²) in [6, 6.07) is 0.515. The Morgan fingerprint density at radius 1 is 1.22 bits per heavy atom. The average Bonchev–Trinajstić information content (AvgIpc) is 2.43.